The van der Waals surface area contributed by atoms with Gasteiger partial charge in [-0.2, -0.15) is 0 Å². The molecule has 2 heterocycles. The average Bonchev–Trinajstić information content (AvgIpc) is 2.57. The zero-order valence-electron chi connectivity index (χ0n) is 12.9. The van der Waals surface area contributed by atoms with E-state index in [4.69, 9.17) is 5.73 Å². The molecule has 0 saturated carbocycles. The van der Waals surface area contributed by atoms with Gasteiger partial charge in [-0.15, -0.1) is 0 Å². The van der Waals surface area contributed by atoms with Crippen LogP contribution in [0.15, 0.2) is 24.4 Å². The fraction of sp³-hybridized carbons (Fsp3) is 0.412. The van der Waals surface area contributed by atoms with Crippen LogP contribution >= 0.6 is 0 Å². The topological polar surface area (TPSA) is 80.0 Å². The van der Waals surface area contributed by atoms with Gasteiger partial charge in [-0.3, -0.25) is 9.78 Å². The Bertz CT molecular complexity index is 692. The molecule has 3 rings (SSSR count). The van der Waals surface area contributed by atoms with Crippen molar-refractivity contribution in [2.24, 2.45) is 5.92 Å². The lowest BCUT2D eigenvalue weighted by Crippen LogP contribution is -2.36. The van der Waals surface area contributed by atoms with E-state index in [0.717, 1.165) is 43.4 Å². The Balaban J connectivity index is 1.83. The first-order valence-corrected chi connectivity index (χ1v) is 7.79. The SMILES string of the molecule is Cc1cc(C(=O)NCC2CCNCC2)c2ncccc2c1N. The molecule has 1 fully saturated rings. The smallest absolute Gasteiger partial charge is 0.253 e. The van der Waals surface area contributed by atoms with Crippen molar-refractivity contribution < 1.29 is 4.79 Å². The van der Waals surface area contributed by atoms with Gasteiger partial charge in [-0.25, -0.2) is 0 Å². The molecular weight excluding hydrogens is 276 g/mol. The summed E-state index contributed by atoms with van der Waals surface area (Å²) in [7, 11) is 0. The Hall–Kier alpha value is -2.14. The quantitative estimate of drug-likeness (QED) is 0.756. The highest BCUT2D eigenvalue weighted by molar-refractivity contribution is 6.09. The van der Waals surface area contributed by atoms with Crippen LogP contribution in [0.1, 0.15) is 28.8 Å². The number of carbonyl (C=O) groups excluding carboxylic acids is 1. The van der Waals surface area contributed by atoms with Gasteiger partial charge in [0.15, 0.2) is 0 Å². The maximum atomic E-state index is 12.6. The summed E-state index contributed by atoms with van der Waals surface area (Å²) in [4.78, 5) is 16.9. The molecule has 5 nitrogen and oxygen atoms in total. The van der Waals surface area contributed by atoms with Crippen LogP contribution in [0, 0.1) is 12.8 Å². The van der Waals surface area contributed by atoms with Gasteiger partial charge in [0, 0.05) is 23.8 Å². The van der Waals surface area contributed by atoms with E-state index in [2.05, 4.69) is 15.6 Å². The third kappa shape index (κ3) is 2.90. The standard InChI is InChI=1S/C17H22N4O/c1-11-9-14(16-13(15(11)18)3-2-6-20-16)17(22)21-10-12-4-7-19-8-5-12/h2-3,6,9,12,19H,4-5,7-8,10,18H2,1H3,(H,21,22). The van der Waals surface area contributed by atoms with Crippen LogP contribution in [0.5, 0.6) is 0 Å². The van der Waals surface area contributed by atoms with Gasteiger partial charge in [-0.1, -0.05) is 0 Å². The lowest BCUT2D eigenvalue weighted by atomic mass is 9.98. The molecule has 0 bridgehead atoms. The minimum atomic E-state index is -0.0645. The van der Waals surface area contributed by atoms with E-state index in [0.29, 0.717) is 22.7 Å². The first kappa shape index (κ1) is 14.8. The Morgan fingerprint density at radius 3 is 3.00 bits per heavy atom. The predicted molar refractivity (Wildman–Crippen MR) is 88.8 cm³/mol. The summed E-state index contributed by atoms with van der Waals surface area (Å²) in [6.07, 6.45) is 3.92. The van der Waals surface area contributed by atoms with Crippen molar-refractivity contribution in [1.29, 1.82) is 0 Å². The van der Waals surface area contributed by atoms with E-state index in [9.17, 15) is 4.79 Å². The molecule has 22 heavy (non-hydrogen) atoms. The molecule has 4 N–H and O–H groups in total. The van der Waals surface area contributed by atoms with Crippen LogP contribution in [0.4, 0.5) is 5.69 Å². The van der Waals surface area contributed by atoms with E-state index in [1.54, 1.807) is 6.20 Å². The Morgan fingerprint density at radius 1 is 1.45 bits per heavy atom. The van der Waals surface area contributed by atoms with E-state index in [1.165, 1.54) is 0 Å². The number of nitrogens with zero attached hydrogens (tertiary/aromatic N) is 1. The summed E-state index contributed by atoms with van der Waals surface area (Å²) in [5.74, 6) is 0.490. The van der Waals surface area contributed by atoms with Crippen LogP contribution in [-0.4, -0.2) is 30.5 Å². The van der Waals surface area contributed by atoms with E-state index in [-0.39, 0.29) is 5.91 Å². The summed E-state index contributed by atoms with van der Waals surface area (Å²) in [5.41, 5.74) is 8.98. The molecular formula is C17H22N4O. The number of pyridine rings is 1. The summed E-state index contributed by atoms with van der Waals surface area (Å²) in [6.45, 7) is 4.71. The zero-order valence-corrected chi connectivity index (χ0v) is 12.9. The number of aryl methyl sites for hydroxylation is 1. The molecule has 5 heteroatoms. The molecule has 0 atom stereocenters. The number of nitrogens with one attached hydrogen (secondary N) is 2. The fourth-order valence-corrected chi connectivity index (χ4v) is 3.00. The van der Waals surface area contributed by atoms with Gasteiger partial charge in [-0.05, 0) is 62.5 Å². The number of piperidine rings is 1. The molecule has 1 aromatic heterocycles. The van der Waals surface area contributed by atoms with Gasteiger partial charge < -0.3 is 16.4 Å². The second-order valence-corrected chi connectivity index (χ2v) is 5.96. The number of benzene rings is 1. The van der Waals surface area contributed by atoms with Crippen molar-refractivity contribution >= 4 is 22.5 Å². The lowest BCUT2D eigenvalue weighted by Gasteiger charge is -2.23. The number of hydrogen-bond donors (Lipinski definition) is 3. The monoisotopic (exact) mass is 298 g/mol. The molecule has 0 spiro atoms. The minimum Gasteiger partial charge on any atom is -0.398 e. The third-order valence-electron chi connectivity index (χ3n) is 4.39. The number of aromatic nitrogens is 1. The Labute approximate surface area is 130 Å². The number of nitrogens with two attached hydrogens (primary N) is 1. The molecule has 1 amide bonds. The van der Waals surface area contributed by atoms with Gasteiger partial charge in [0.1, 0.15) is 0 Å². The second kappa shape index (κ2) is 6.32. The molecule has 1 saturated heterocycles. The van der Waals surface area contributed by atoms with Gasteiger partial charge >= 0.3 is 0 Å². The van der Waals surface area contributed by atoms with Crippen molar-refractivity contribution in [3.8, 4) is 0 Å². The van der Waals surface area contributed by atoms with Gasteiger partial charge in [0.2, 0.25) is 0 Å². The second-order valence-electron chi connectivity index (χ2n) is 5.96. The highest BCUT2D eigenvalue weighted by Crippen LogP contribution is 2.26. The molecule has 0 radical (unpaired) electrons. The largest absolute Gasteiger partial charge is 0.398 e. The van der Waals surface area contributed by atoms with Crippen molar-refractivity contribution in [3.05, 3.63) is 35.5 Å². The highest BCUT2D eigenvalue weighted by atomic mass is 16.1. The number of carbonyl (C=O) groups is 1. The zero-order chi connectivity index (χ0) is 15.5. The molecule has 1 aromatic carbocycles. The Kier molecular flexibility index (Phi) is 4.24. The number of nitrogen functional groups attached to an aromatic ring is 1. The third-order valence-corrected chi connectivity index (χ3v) is 4.39. The molecule has 1 aliphatic heterocycles. The van der Waals surface area contributed by atoms with Crippen molar-refractivity contribution in [1.82, 2.24) is 15.6 Å². The maximum Gasteiger partial charge on any atom is 0.253 e. The normalized spacial score (nSPS) is 15.9. The molecule has 1 aliphatic rings. The molecule has 0 aliphatic carbocycles. The van der Waals surface area contributed by atoms with Crippen LogP contribution in [0.3, 0.4) is 0 Å². The summed E-state index contributed by atoms with van der Waals surface area (Å²) in [5, 5.41) is 7.24. The molecule has 116 valence electrons. The summed E-state index contributed by atoms with van der Waals surface area (Å²) in [6, 6.07) is 5.59. The summed E-state index contributed by atoms with van der Waals surface area (Å²) >= 11 is 0. The first-order chi connectivity index (χ1) is 10.7. The van der Waals surface area contributed by atoms with Crippen LogP contribution in [0.2, 0.25) is 0 Å². The van der Waals surface area contributed by atoms with Crippen molar-refractivity contribution in [3.63, 3.8) is 0 Å². The highest BCUT2D eigenvalue weighted by Gasteiger charge is 2.17. The van der Waals surface area contributed by atoms with Crippen LogP contribution in [-0.2, 0) is 0 Å². The predicted octanol–water partition coefficient (Wildman–Crippen LogP) is 1.85. The number of hydrogen-bond acceptors (Lipinski definition) is 4. The molecule has 2 aromatic rings. The van der Waals surface area contributed by atoms with Crippen molar-refractivity contribution in [2.75, 3.05) is 25.4 Å². The van der Waals surface area contributed by atoms with E-state index < -0.39 is 0 Å². The fourth-order valence-electron chi connectivity index (χ4n) is 3.00. The summed E-state index contributed by atoms with van der Waals surface area (Å²) < 4.78 is 0. The number of amides is 1. The van der Waals surface area contributed by atoms with Gasteiger partial charge in [0.25, 0.3) is 5.91 Å². The van der Waals surface area contributed by atoms with Crippen LogP contribution in [0.25, 0.3) is 10.9 Å². The first-order valence-electron chi connectivity index (χ1n) is 7.79. The van der Waals surface area contributed by atoms with Crippen molar-refractivity contribution in [2.45, 2.75) is 19.8 Å². The number of anilines is 1. The maximum absolute atomic E-state index is 12.6. The molecule has 0 unspecified atom stereocenters. The Morgan fingerprint density at radius 2 is 2.23 bits per heavy atom. The lowest BCUT2D eigenvalue weighted by molar-refractivity contribution is 0.0945. The van der Waals surface area contributed by atoms with Gasteiger partial charge in [0.05, 0.1) is 11.1 Å². The van der Waals surface area contributed by atoms with E-state index in [1.807, 2.05) is 25.1 Å². The number of rotatable bonds is 3. The number of fused-ring (bicyclic) bond motifs is 1. The average molecular weight is 298 g/mol. The van der Waals surface area contributed by atoms with E-state index >= 15 is 0 Å². The minimum absolute atomic E-state index is 0.0645. The van der Waals surface area contributed by atoms with Crippen LogP contribution < -0.4 is 16.4 Å².